The zero-order valence-corrected chi connectivity index (χ0v) is 11.6. The van der Waals surface area contributed by atoms with Crippen LogP contribution in [0.3, 0.4) is 0 Å². The van der Waals surface area contributed by atoms with Crippen molar-refractivity contribution in [2.24, 2.45) is 0 Å². The highest BCUT2D eigenvalue weighted by atomic mass is 19.1. The molecule has 0 saturated heterocycles. The average molecular weight is 301 g/mol. The van der Waals surface area contributed by atoms with Gasteiger partial charge in [-0.1, -0.05) is 18.2 Å². The molecule has 0 saturated carbocycles. The second-order valence-corrected chi connectivity index (χ2v) is 4.52. The Morgan fingerprint density at radius 2 is 1.95 bits per heavy atom. The molecule has 0 spiro atoms. The van der Waals surface area contributed by atoms with Crippen molar-refractivity contribution in [1.82, 2.24) is 5.32 Å². The van der Waals surface area contributed by atoms with Gasteiger partial charge in [-0.05, 0) is 36.2 Å². The molecule has 0 heterocycles. The van der Waals surface area contributed by atoms with Crippen molar-refractivity contribution >= 4 is 11.7 Å². The van der Waals surface area contributed by atoms with Gasteiger partial charge in [0.1, 0.15) is 17.7 Å². The maximum atomic E-state index is 13.4. The lowest BCUT2D eigenvalue weighted by atomic mass is 10.1. The van der Waals surface area contributed by atoms with Crippen molar-refractivity contribution in [2.75, 3.05) is 11.9 Å². The molecule has 0 aliphatic carbocycles. The molecule has 0 radical (unpaired) electrons. The lowest BCUT2D eigenvalue weighted by molar-refractivity contribution is 0.252. The van der Waals surface area contributed by atoms with Gasteiger partial charge in [-0.2, -0.15) is 5.26 Å². The maximum absolute atomic E-state index is 13.4. The molecule has 2 aromatic rings. The molecule has 6 heteroatoms. The summed E-state index contributed by atoms with van der Waals surface area (Å²) in [6, 6.07) is 11.1. The quantitative estimate of drug-likeness (QED) is 0.910. The van der Waals surface area contributed by atoms with Crippen molar-refractivity contribution in [3.8, 4) is 6.07 Å². The lowest BCUT2D eigenvalue weighted by Gasteiger charge is -2.09. The molecule has 0 aliphatic rings. The number of benzene rings is 2. The first-order valence-electron chi connectivity index (χ1n) is 6.58. The van der Waals surface area contributed by atoms with E-state index in [1.165, 1.54) is 12.1 Å². The fraction of sp³-hybridized carbons (Fsp3) is 0.125. The fourth-order valence-corrected chi connectivity index (χ4v) is 1.90. The molecule has 22 heavy (non-hydrogen) atoms. The van der Waals surface area contributed by atoms with Gasteiger partial charge in [0.15, 0.2) is 0 Å². The summed E-state index contributed by atoms with van der Waals surface area (Å²) in [5.74, 6) is -0.878. The van der Waals surface area contributed by atoms with Gasteiger partial charge in [-0.15, -0.1) is 0 Å². The van der Waals surface area contributed by atoms with E-state index in [9.17, 15) is 13.6 Å². The number of amides is 2. The zero-order chi connectivity index (χ0) is 15.9. The third-order valence-corrected chi connectivity index (χ3v) is 2.99. The Hall–Kier alpha value is -2.94. The normalized spacial score (nSPS) is 9.86. The second kappa shape index (κ2) is 7.18. The minimum Gasteiger partial charge on any atom is -0.338 e. The third-order valence-electron chi connectivity index (χ3n) is 2.99. The summed E-state index contributed by atoms with van der Waals surface area (Å²) in [7, 11) is 0. The first-order chi connectivity index (χ1) is 10.6. The van der Waals surface area contributed by atoms with Gasteiger partial charge in [0.25, 0.3) is 0 Å². The number of hydrogen-bond acceptors (Lipinski definition) is 2. The number of urea groups is 1. The van der Waals surface area contributed by atoms with E-state index in [0.29, 0.717) is 12.0 Å². The van der Waals surface area contributed by atoms with Crippen LogP contribution >= 0.6 is 0 Å². The van der Waals surface area contributed by atoms with Crippen molar-refractivity contribution in [2.45, 2.75) is 6.42 Å². The second-order valence-electron chi connectivity index (χ2n) is 4.52. The standard InChI is InChI=1S/C16H13F2N3O/c17-13-5-6-15(12(9-13)10-19)21-16(22)20-8-7-11-3-1-2-4-14(11)18/h1-6,9H,7-8H2,(H2,20,21,22). The number of nitriles is 1. The van der Waals surface area contributed by atoms with Gasteiger partial charge in [-0.3, -0.25) is 0 Å². The molecule has 2 N–H and O–H groups in total. The first-order valence-corrected chi connectivity index (χ1v) is 6.58. The van der Waals surface area contributed by atoms with Crippen molar-refractivity contribution in [3.63, 3.8) is 0 Å². The number of carbonyl (C=O) groups is 1. The molecule has 4 nitrogen and oxygen atoms in total. The Bertz CT molecular complexity index is 726. The lowest BCUT2D eigenvalue weighted by Crippen LogP contribution is -2.30. The molecule has 0 atom stereocenters. The van der Waals surface area contributed by atoms with E-state index in [0.717, 1.165) is 12.1 Å². The maximum Gasteiger partial charge on any atom is 0.319 e. The summed E-state index contributed by atoms with van der Waals surface area (Å²) in [6.07, 6.45) is 0.342. The number of hydrogen-bond donors (Lipinski definition) is 2. The highest BCUT2D eigenvalue weighted by molar-refractivity contribution is 5.90. The van der Waals surface area contributed by atoms with Crippen LogP contribution in [0.25, 0.3) is 0 Å². The summed E-state index contributed by atoms with van der Waals surface area (Å²) in [5.41, 5.74) is 0.749. The molecular formula is C16H13F2N3O. The van der Waals surface area contributed by atoms with Gasteiger partial charge < -0.3 is 10.6 Å². The van der Waals surface area contributed by atoms with E-state index in [2.05, 4.69) is 10.6 Å². The summed E-state index contributed by atoms with van der Waals surface area (Å²) in [5, 5.41) is 13.9. The smallest absolute Gasteiger partial charge is 0.319 e. The van der Waals surface area contributed by atoms with Crippen molar-refractivity contribution in [1.29, 1.82) is 5.26 Å². The van der Waals surface area contributed by atoms with Crippen molar-refractivity contribution < 1.29 is 13.6 Å². The van der Waals surface area contributed by atoms with E-state index >= 15 is 0 Å². The molecule has 2 aromatic carbocycles. The minimum absolute atomic E-state index is 0.0317. The van der Waals surface area contributed by atoms with E-state index in [1.807, 2.05) is 0 Å². The molecule has 0 bridgehead atoms. The van der Waals surface area contributed by atoms with Crippen LogP contribution in [0.1, 0.15) is 11.1 Å². The fourth-order valence-electron chi connectivity index (χ4n) is 1.90. The molecule has 2 rings (SSSR count). The van der Waals surface area contributed by atoms with Gasteiger partial charge in [-0.25, -0.2) is 13.6 Å². The van der Waals surface area contributed by atoms with Gasteiger partial charge >= 0.3 is 6.03 Å². The minimum atomic E-state index is -0.554. The highest BCUT2D eigenvalue weighted by Crippen LogP contribution is 2.15. The largest absolute Gasteiger partial charge is 0.338 e. The SMILES string of the molecule is N#Cc1cc(F)ccc1NC(=O)NCCc1ccccc1F. The van der Waals surface area contributed by atoms with Gasteiger partial charge in [0, 0.05) is 6.54 Å². The third kappa shape index (κ3) is 4.03. The van der Waals surface area contributed by atoms with Gasteiger partial charge in [0.2, 0.25) is 0 Å². The summed E-state index contributed by atoms with van der Waals surface area (Å²) < 4.78 is 26.4. The monoisotopic (exact) mass is 301 g/mol. The number of halogens is 2. The topological polar surface area (TPSA) is 64.9 Å². The zero-order valence-electron chi connectivity index (χ0n) is 11.6. The number of carbonyl (C=O) groups excluding carboxylic acids is 1. The van der Waals surface area contributed by atoms with Crippen LogP contribution in [-0.4, -0.2) is 12.6 Å². The van der Waals surface area contributed by atoms with Crippen LogP contribution in [0.5, 0.6) is 0 Å². The summed E-state index contributed by atoms with van der Waals surface area (Å²) >= 11 is 0. The van der Waals surface area contributed by atoms with Crippen molar-refractivity contribution in [3.05, 3.63) is 65.2 Å². The Morgan fingerprint density at radius 3 is 2.68 bits per heavy atom. The Balaban J connectivity index is 1.89. The number of nitrogens with one attached hydrogen (secondary N) is 2. The molecule has 0 fully saturated rings. The van der Waals surface area contributed by atoms with E-state index in [4.69, 9.17) is 5.26 Å². The highest BCUT2D eigenvalue weighted by Gasteiger charge is 2.08. The molecular weight excluding hydrogens is 288 g/mol. The number of anilines is 1. The predicted octanol–water partition coefficient (Wildman–Crippen LogP) is 3.20. The number of rotatable bonds is 4. The van der Waals surface area contributed by atoms with E-state index in [-0.39, 0.29) is 23.6 Å². The van der Waals surface area contributed by atoms with E-state index in [1.54, 1.807) is 24.3 Å². The van der Waals surface area contributed by atoms with Crippen LogP contribution in [-0.2, 0) is 6.42 Å². The predicted molar refractivity (Wildman–Crippen MR) is 78.2 cm³/mol. The van der Waals surface area contributed by atoms with Crippen LogP contribution in [0.15, 0.2) is 42.5 Å². The van der Waals surface area contributed by atoms with Crippen LogP contribution in [0.4, 0.5) is 19.3 Å². The molecule has 112 valence electrons. The summed E-state index contributed by atoms with van der Waals surface area (Å²) in [6.45, 7) is 0.232. The van der Waals surface area contributed by atoms with E-state index < -0.39 is 11.8 Å². The van der Waals surface area contributed by atoms with Gasteiger partial charge in [0.05, 0.1) is 11.3 Å². The Morgan fingerprint density at radius 1 is 1.18 bits per heavy atom. The molecule has 0 aromatic heterocycles. The first kappa shape index (κ1) is 15.4. The summed E-state index contributed by atoms with van der Waals surface area (Å²) in [4.78, 5) is 11.7. The number of nitrogens with zero attached hydrogens (tertiary/aromatic N) is 1. The van der Waals surface area contributed by atoms with Crippen LogP contribution in [0.2, 0.25) is 0 Å². The average Bonchev–Trinajstić information content (AvgIpc) is 2.51. The molecule has 2 amide bonds. The van der Waals surface area contributed by atoms with Crippen LogP contribution in [0, 0.1) is 23.0 Å². The Kier molecular flexibility index (Phi) is 5.04. The molecule has 0 aliphatic heterocycles. The Labute approximate surface area is 126 Å². The molecule has 0 unspecified atom stereocenters. The van der Waals surface area contributed by atoms with Crippen LogP contribution < -0.4 is 10.6 Å².